The van der Waals surface area contributed by atoms with Crippen molar-refractivity contribution in [1.29, 1.82) is 0 Å². The molecule has 0 aliphatic carbocycles. The van der Waals surface area contributed by atoms with Gasteiger partial charge in [-0.3, -0.25) is 0 Å². The molecule has 69 valence electrons. The molecule has 0 saturated carbocycles. The van der Waals surface area contributed by atoms with Crippen molar-refractivity contribution in [2.45, 2.75) is 16.1 Å². The van der Waals surface area contributed by atoms with Crippen molar-refractivity contribution < 1.29 is 4.39 Å². The van der Waals surface area contributed by atoms with Crippen LogP contribution in [0.4, 0.5) is 4.39 Å². The number of halogens is 2. The third-order valence-corrected chi connectivity index (χ3v) is 3.79. The summed E-state index contributed by atoms with van der Waals surface area (Å²) in [5.41, 5.74) is 1.06. The maximum atomic E-state index is 13.1. The van der Waals surface area contributed by atoms with Gasteiger partial charge in [0.25, 0.3) is 0 Å². The first-order chi connectivity index (χ1) is 6.27. The summed E-state index contributed by atoms with van der Waals surface area (Å²) in [4.78, 5) is 0. The molecule has 1 aliphatic heterocycles. The molecule has 3 atom stereocenters. The lowest BCUT2D eigenvalue weighted by Gasteiger charge is -2.34. The van der Waals surface area contributed by atoms with Crippen molar-refractivity contribution in [3.63, 3.8) is 0 Å². The van der Waals surface area contributed by atoms with Gasteiger partial charge < -0.3 is 0 Å². The molecule has 1 radical (unpaired) electrons. The Morgan fingerprint density at radius 1 is 1.31 bits per heavy atom. The zero-order valence-corrected chi connectivity index (χ0v) is 8.43. The molecular formula is C10H9ClFS. The minimum atomic E-state index is -0.896. The summed E-state index contributed by atoms with van der Waals surface area (Å²) < 4.78 is 12.7. The maximum absolute atomic E-state index is 13.1. The van der Waals surface area contributed by atoms with Gasteiger partial charge in [0, 0.05) is 11.7 Å². The predicted octanol–water partition coefficient (Wildman–Crippen LogP) is 3.26. The number of hydrogen-bond donors (Lipinski definition) is 0. The first-order valence-electron chi connectivity index (χ1n) is 4.11. The van der Waals surface area contributed by atoms with E-state index in [1.54, 1.807) is 0 Å². The molecule has 0 amide bonds. The number of benzene rings is 1. The van der Waals surface area contributed by atoms with Crippen molar-refractivity contribution in [1.82, 2.24) is 0 Å². The van der Waals surface area contributed by atoms with Crippen molar-refractivity contribution in [2.24, 2.45) is 0 Å². The Hall–Kier alpha value is -0.210. The average molecular weight is 216 g/mol. The number of hydrogen-bond acceptors (Lipinski definition) is 1. The molecule has 3 unspecified atom stereocenters. The lowest BCUT2D eigenvalue weighted by atomic mass is 10.1. The molecular weight excluding hydrogens is 207 g/mol. The van der Waals surface area contributed by atoms with E-state index in [4.69, 9.17) is 11.6 Å². The highest BCUT2D eigenvalue weighted by molar-refractivity contribution is 8.03. The fourth-order valence-electron chi connectivity index (χ4n) is 1.24. The normalized spacial score (nSPS) is 32.6. The van der Waals surface area contributed by atoms with Crippen molar-refractivity contribution in [2.75, 3.05) is 0 Å². The van der Waals surface area contributed by atoms with Crippen LogP contribution in [0.2, 0.25) is 0 Å². The molecule has 0 nitrogen and oxygen atoms in total. The molecule has 1 fully saturated rings. The smallest absolute Gasteiger partial charge is 0.138 e. The monoisotopic (exact) mass is 215 g/mol. The van der Waals surface area contributed by atoms with E-state index in [1.807, 2.05) is 36.8 Å². The first-order valence-corrected chi connectivity index (χ1v) is 5.49. The van der Waals surface area contributed by atoms with Crippen LogP contribution in [0.3, 0.4) is 0 Å². The fourth-order valence-corrected chi connectivity index (χ4v) is 2.73. The third kappa shape index (κ3) is 2.00. The van der Waals surface area contributed by atoms with Gasteiger partial charge in [0.05, 0.1) is 0 Å². The van der Waals surface area contributed by atoms with Crippen molar-refractivity contribution >= 4 is 23.4 Å². The summed E-state index contributed by atoms with van der Waals surface area (Å²) in [7, 11) is 0. The maximum Gasteiger partial charge on any atom is 0.138 e. The third-order valence-electron chi connectivity index (χ3n) is 2.01. The molecule has 1 aliphatic rings. The number of rotatable bonds is 2. The van der Waals surface area contributed by atoms with E-state index in [1.165, 1.54) is 11.8 Å². The van der Waals surface area contributed by atoms with Crippen LogP contribution in [0, 0.1) is 6.42 Å². The van der Waals surface area contributed by atoms with Crippen LogP contribution in [-0.4, -0.2) is 16.1 Å². The Morgan fingerprint density at radius 2 is 2.00 bits per heavy atom. The summed E-state index contributed by atoms with van der Waals surface area (Å²) in [6, 6.07) is 9.77. The Kier molecular flexibility index (Phi) is 2.80. The second kappa shape index (κ2) is 3.89. The molecule has 0 spiro atoms. The molecule has 3 heteroatoms. The quantitative estimate of drug-likeness (QED) is 0.683. The lowest BCUT2D eigenvalue weighted by molar-refractivity contribution is 0.338. The van der Waals surface area contributed by atoms with Crippen LogP contribution < -0.4 is 0 Å². The van der Waals surface area contributed by atoms with Gasteiger partial charge in [0.15, 0.2) is 0 Å². The van der Waals surface area contributed by atoms with Gasteiger partial charge in [-0.2, -0.15) is 0 Å². The summed E-state index contributed by atoms with van der Waals surface area (Å²) in [6.45, 7) is 0. The molecule has 0 N–H and O–H groups in total. The van der Waals surface area contributed by atoms with E-state index < -0.39 is 6.17 Å². The van der Waals surface area contributed by atoms with E-state index in [2.05, 4.69) is 0 Å². The van der Waals surface area contributed by atoms with Crippen molar-refractivity contribution in [3.8, 4) is 0 Å². The van der Waals surface area contributed by atoms with Gasteiger partial charge in [0.1, 0.15) is 10.9 Å². The predicted molar refractivity (Wildman–Crippen MR) is 55.8 cm³/mol. The highest BCUT2D eigenvalue weighted by Gasteiger charge is 2.41. The van der Waals surface area contributed by atoms with Gasteiger partial charge in [-0.1, -0.05) is 30.3 Å². The van der Waals surface area contributed by atoms with Gasteiger partial charge in [0.2, 0.25) is 0 Å². The lowest BCUT2D eigenvalue weighted by Crippen LogP contribution is -2.38. The van der Waals surface area contributed by atoms with E-state index in [-0.39, 0.29) is 9.96 Å². The summed E-state index contributed by atoms with van der Waals surface area (Å²) in [6.07, 6.45) is 1.03. The second-order valence-electron chi connectivity index (χ2n) is 2.97. The topological polar surface area (TPSA) is 0 Å². The average Bonchev–Trinajstić information content (AvgIpc) is 2.19. The molecule has 1 saturated heterocycles. The van der Waals surface area contributed by atoms with Crippen LogP contribution in [0.25, 0.3) is 0 Å². The van der Waals surface area contributed by atoms with Gasteiger partial charge >= 0.3 is 0 Å². The van der Waals surface area contributed by atoms with Gasteiger partial charge in [-0.15, -0.1) is 23.4 Å². The Balaban J connectivity index is 1.93. The van der Waals surface area contributed by atoms with Crippen molar-refractivity contribution in [3.05, 3.63) is 42.3 Å². The molecule has 0 aromatic heterocycles. The summed E-state index contributed by atoms with van der Waals surface area (Å²) >= 11 is 7.09. The Bertz CT molecular complexity index is 278. The minimum Gasteiger partial charge on any atom is -0.244 e. The zero-order valence-electron chi connectivity index (χ0n) is 6.86. The standard InChI is InChI=1S/C10H9ClFS/c11-10-9(12)8(13-10)6-7-4-2-1-3-5-7/h1-6,8-10H. The minimum absolute atomic E-state index is 0.0649. The molecule has 0 bridgehead atoms. The van der Waals surface area contributed by atoms with Crippen LogP contribution in [-0.2, 0) is 0 Å². The van der Waals surface area contributed by atoms with E-state index >= 15 is 0 Å². The summed E-state index contributed by atoms with van der Waals surface area (Å²) in [5.74, 6) is 0. The molecule has 2 rings (SSSR count). The van der Waals surface area contributed by atoms with E-state index in [0.29, 0.717) is 0 Å². The Morgan fingerprint density at radius 3 is 2.54 bits per heavy atom. The molecule has 1 aromatic rings. The number of thioether (sulfide) groups is 1. The Labute approximate surface area is 86.5 Å². The van der Waals surface area contributed by atoms with Crippen LogP contribution in [0.15, 0.2) is 30.3 Å². The highest BCUT2D eigenvalue weighted by atomic mass is 35.5. The van der Waals surface area contributed by atoms with Crippen LogP contribution in [0.5, 0.6) is 0 Å². The first kappa shape index (κ1) is 9.35. The van der Waals surface area contributed by atoms with Gasteiger partial charge in [-0.25, -0.2) is 4.39 Å². The fraction of sp³-hybridized carbons (Fsp3) is 0.300. The number of alkyl halides is 2. The highest BCUT2D eigenvalue weighted by Crippen LogP contribution is 2.44. The van der Waals surface area contributed by atoms with Gasteiger partial charge in [-0.05, 0) is 5.56 Å². The summed E-state index contributed by atoms with van der Waals surface area (Å²) in [5, 5.41) is -0.0649. The van der Waals surface area contributed by atoms with E-state index in [9.17, 15) is 4.39 Å². The molecule has 13 heavy (non-hydrogen) atoms. The van der Waals surface area contributed by atoms with E-state index in [0.717, 1.165) is 5.56 Å². The van der Waals surface area contributed by atoms with Crippen LogP contribution in [0.1, 0.15) is 5.56 Å². The molecule has 1 aromatic carbocycles. The zero-order chi connectivity index (χ0) is 9.26. The van der Waals surface area contributed by atoms with Crippen LogP contribution >= 0.6 is 23.4 Å². The second-order valence-corrected chi connectivity index (χ2v) is 5.03. The molecule has 1 heterocycles. The largest absolute Gasteiger partial charge is 0.244 e. The SMILES string of the molecule is FC1C(Cl)SC1[CH]c1ccccc1.